The summed E-state index contributed by atoms with van der Waals surface area (Å²) in [6.07, 6.45) is 3.30. The molecule has 1 amide bonds. The first-order valence-corrected chi connectivity index (χ1v) is 9.45. The molecule has 2 aromatic carbocycles. The van der Waals surface area contributed by atoms with Crippen LogP contribution in [-0.2, 0) is 0 Å². The van der Waals surface area contributed by atoms with E-state index < -0.39 is 0 Å². The minimum atomic E-state index is 0.0421. The van der Waals surface area contributed by atoms with E-state index >= 15 is 0 Å². The van der Waals surface area contributed by atoms with E-state index in [0.717, 1.165) is 33.4 Å². The Hall–Kier alpha value is -1.92. The maximum atomic E-state index is 13.0. The molecule has 1 atom stereocenters. The Bertz CT molecular complexity index is 900. The molecule has 1 aliphatic rings. The molecule has 0 aliphatic carbocycles. The van der Waals surface area contributed by atoms with Crippen LogP contribution in [0.5, 0.6) is 0 Å². The second-order valence-electron chi connectivity index (χ2n) is 5.53. The van der Waals surface area contributed by atoms with E-state index in [9.17, 15) is 4.79 Å². The Kier molecular flexibility index (Phi) is 4.24. The van der Waals surface area contributed by atoms with Gasteiger partial charge in [0.1, 0.15) is 5.37 Å². The van der Waals surface area contributed by atoms with Crippen LogP contribution in [0.1, 0.15) is 21.3 Å². The van der Waals surface area contributed by atoms with Crippen LogP contribution in [0.4, 0.5) is 0 Å². The normalized spacial score (nSPS) is 17.4. The molecule has 0 spiro atoms. The molecule has 1 fully saturated rings. The fourth-order valence-electron chi connectivity index (χ4n) is 2.84. The van der Waals surface area contributed by atoms with Crippen LogP contribution >= 0.6 is 27.7 Å². The summed E-state index contributed by atoms with van der Waals surface area (Å²) in [5.41, 5.74) is 3.35. The summed E-state index contributed by atoms with van der Waals surface area (Å²) < 4.78 is 1.04. The summed E-state index contributed by atoms with van der Waals surface area (Å²) in [4.78, 5) is 23.5. The van der Waals surface area contributed by atoms with Crippen molar-refractivity contribution in [2.75, 3.05) is 12.3 Å². The van der Waals surface area contributed by atoms with Crippen molar-refractivity contribution in [3.8, 4) is 0 Å². The van der Waals surface area contributed by atoms with E-state index in [1.807, 2.05) is 35.2 Å². The van der Waals surface area contributed by atoms with Gasteiger partial charge in [-0.2, -0.15) is 0 Å². The highest BCUT2D eigenvalue weighted by molar-refractivity contribution is 9.10. The lowest BCUT2D eigenvalue weighted by Crippen LogP contribution is -2.30. The van der Waals surface area contributed by atoms with Crippen molar-refractivity contribution in [2.24, 2.45) is 0 Å². The van der Waals surface area contributed by atoms with E-state index in [0.29, 0.717) is 5.56 Å². The summed E-state index contributed by atoms with van der Waals surface area (Å²) in [6.45, 7) is 0.753. The highest BCUT2D eigenvalue weighted by Crippen LogP contribution is 2.39. The summed E-state index contributed by atoms with van der Waals surface area (Å²) in [5, 5.41) is 0.0585. The van der Waals surface area contributed by atoms with Gasteiger partial charge < -0.3 is 4.90 Å². The van der Waals surface area contributed by atoms with Crippen LogP contribution in [-0.4, -0.2) is 33.1 Å². The SMILES string of the molecule is O=C(c1ccc2nccnc2c1)N1CCSC1c1ccc(Br)cc1. The van der Waals surface area contributed by atoms with Gasteiger partial charge in [0.05, 0.1) is 11.0 Å². The van der Waals surface area contributed by atoms with Gasteiger partial charge in [-0.05, 0) is 35.9 Å². The van der Waals surface area contributed by atoms with Gasteiger partial charge in [-0.1, -0.05) is 28.1 Å². The zero-order valence-electron chi connectivity index (χ0n) is 12.7. The quantitative estimate of drug-likeness (QED) is 0.644. The zero-order valence-corrected chi connectivity index (χ0v) is 15.1. The molecule has 0 saturated carbocycles. The Labute approximate surface area is 152 Å². The lowest BCUT2D eigenvalue weighted by Gasteiger charge is -2.24. The van der Waals surface area contributed by atoms with Gasteiger partial charge >= 0.3 is 0 Å². The lowest BCUT2D eigenvalue weighted by molar-refractivity contribution is 0.0760. The van der Waals surface area contributed by atoms with Crippen molar-refractivity contribution in [3.63, 3.8) is 0 Å². The molecule has 0 N–H and O–H groups in total. The predicted octanol–water partition coefficient (Wildman–Crippen LogP) is 4.28. The summed E-state index contributed by atoms with van der Waals surface area (Å²) in [6, 6.07) is 13.7. The average Bonchev–Trinajstić information content (AvgIpc) is 3.11. The molecule has 1 aromatic heterocycles. The Morgan fingerprint density at radius 3 is 2.62 bits per heavy atom. The molecular weight excluding hydrogens is 386 g/mol. The highest BCUT2D eigenvalue weighted by Gasteiger charge is 2.31. The Morgan fingerprint density at radius 2 is 1.83 bits per heavy atom. The third-order valence-electron chi connectivity index (χ3n) is 4.02. The number of benzene rings is 2. The number of halogens is 1. The van der Waals surface area contributed by atoms with Gasteiger partial charge in [0, 0.05) is 34.7 Å². The zero-order chi connectivity index (χ0) is 16.5. The standard InChI is InChI=1S/C18H14BrN3OS/c19-14-4-1-12(2-5-14)18-22(9-10-24-18)17(23)13-3-6-15-16(11-13)21-8-7-20-15/h1-8,11,18H,9-10H2. The van der Waals surface area contributed by atoms with Crippen molar-refractivity contribution >= 4 is 44.6 Å². The smallest absolute Gasteiger partial charge is 0.255 e. The van der Waals surface area contributed by atoms with Gasteiger partial charge in [-0.3, -0.25) is 14.8 Å². The molecule has 4 rings (SSSR count). The van der Waals surface area contributed by atoms with E-state index in [2.05, 4.69) is 38.0 Å². The van der Waals surface area contributed by atoms with Crippen LogP contribution in [0, 0.1) is 0 Å². The largest absolute Gasteiger partial charge is 0.322 e. The maximum absolute atomic E-state index is 13.0. The number of rotatable bonds is 2. The second-order valence-corrected chi connectivity index (χ2v) is 7.64. The third-order valence-corrected chi connectivity index (χ3v) is 5.81. The van der Waals surface area contributed by atoms with Crippen molar-refractivity contribution in [1.82, 2.24) is 14.9 Å². The monoisotopic (exact) mass is 399 g/mol. The second kappa shape index (κ2) is 6.53. The van der Waals surface area contributed by atoms with Crippen LogP contribution < -0.4 is 0 Å². The van der Waals surface area contributed by atoms with Gasteiger partial charge in [-0.15, -0.1) is 11.8 Å². The number of carbonyl (C=O) groups is 1. The van der Waals surface area contributed by atoms with Crippen molar-refractivity contribution in [1.29, 1.82) is 0 Å². The molecule has 2 heterocycles. The number of hydrogen-bond acceptors (Lipinski definition) is 4. The molecule has 1 aliphatic heterocycles. The van der Waals surface area contributed by atoms with Crippen molar-refractivity contribution in [2.45, 2.75) is 5.37 Å². The maximum Gasteiger partial charge on any atom is 0.255 e. The van der Waals surface area contributed by atoms with E-state index in [-0.39, 0.29) is 11.3 Å². The molecule has 0 bridgehead atoms. The van der Waals surface area contributed by atoms with Gasteiger partial charge in [0.25, 0.3) is 5.91 Å². The number of amides is 1. The van der Waals surface area contributed by atoms with Crippen molar-refractivity contribution < 1.29 is 4.79 Å². The van der Waals surface area contributed by atoms with Gasteiger partial charge in [0.15, 0.2) is 0 Å². The van der Waals surface area contributed by atoms with Gasteiger partial charge in [0.2, 0.25) is 0 Å². The van der Waals surface area contributed by atoms with Crippen LogP contribution in [0.15, 0.2) is 59.3 Å². The molecule has 1 unspecified atom stereocenters. The van der Waals surface area contributed by atoms with Crippen molar-refractivity contribution in [3.05, 3.63) is 70.5 Å². The topological polar surface area (TPSA) is 46.1 Å². The first kappa shape index (κ1) is 15.6. The number of nitrogens with zero attached hydrogens (tertiary/aromatic N) is 3. The van der Waals surface area contributed by atoms with Crippen LogP contribution in [0.2, 0.25) is 0 Å². The van der Waals surface area contributed by atoms with Gasteiger partial charge in [-0.25, -0.2) is 0 Å². The molecule has 3 aromatic rings. The van der Waals surface area contributed by atoms with E-state index in [1.165, 1.54) is 0 Å². The summed E-state index contributed by atoms with van der Waals surface area (Å²) in [5.74, 6) is 0.986. The molecular formula is C18H14BrN3OS. The molecule has 1 saturated heterocycles. The highest BCUT2D eigenvalue weighted by atomic mass is 79.9. The number of carbonyl (C=O) groups excluding carboxylic acids is 1. The Balaban J connectivity index is 1.65. The van der Waals surface area contributed by atoms with Crippen LogP contribution in [0.3, 0.4) is 0 Å². The minimum Gasteiger partial charge on any atom is -0.322 e. The predicted molar refractivity (Wildman–Crippen MR) is 99.9 cm³/mol. The number of hydrogen-bond donors (Lipinski definition) is 0. The number of aromatic nitrogens is 2. The first-order chi connectivity index (χ1) is 11.7. The molecule has 24 heavy (non-hydrogen) atoms. The fraction of sp³-hybridized carbons (Fsp3) is 0.167. The third kappa shape index (κ3) is 2.91. The minimum absolute atomic E-state index is 0.0421. The number of thioether (sulfide) groups is 1. The van der Waals surface area contributed by atoms with E-state index in [1.54, 1.807) is 24.2 Å². The summed E-state index contributed by atoms with van der Waals surface area (Å²) in [7, 11) is 0. The first-order valence-electron chi connectivity index (χ1n) is 7.61. The molecule has 120 valence electrons. The van der Waals surface area contributed by atoms with E-state index in [4.69, 9.17) is 0 Å². The molecule has 6 heteroatoms. The average molecular weight is 400 g/mol. The fourth-order valence-corrected chi connectivity index (χ4v) is 4.36. The Morgan fingerprint density at radius 1 is 1.08 bits per heavy atom. The lowest BCUT2D eigenvalue weighted by atomic mass is 10.1. The molecule has 0 radical (unpaired) electrons. The number of fused-ring (bicyclic) bond motifs is 1. The summed E-state index contributed by atoms with van der Waals surface area (Å²) >= 11 is 5.26. The van der Waals surface area contributed by atoms with Crippen LogP contribution in [0.25, 0.3) is 11.0 Å². The molecule has 4 nitrogen and oxygen atoms in total.